The van der Waals surface area contributed by atoms with Gasteiger partial charge in [0.2, 0.25) is 0 Å². The molecular weight excluding hydrogens is 322 g/mol. The third kappa shape index (κ3) is 6.08. The smallest absolute Gasteiger partial charge is 0.338 e. The monoisotopic (exact) mass is 343 g/mol. The van der Waals surface area contributed by atoms with Crippen molar-refractivity contribution in [2.75, 3.05) is 18.9 Å². The quantitative estimate of drug-likeness (QED) is 0.454. The fourth-order valence-corrected chi connectivity index (χ4v) is 2.81. The van der Waals surface area contributed by atoms with Crippen LogP contribution in [0.25, 0.3) is 0 Å². The highest BCUT2D eigenvalue weighted by Crippen LogP contribution is 2.15. The average molecular weight is 343 g/mol. The van der Waals surface area contributed by atoms with E-state index in [-0.39, 0.29) is 12.5 Å². The van der Waals surface area contributed by atoms with Crippen LogP contribution in [0.5, 0.6) is 0 Å². The zero-order valence-electron chi connectivity index (χ0n) is 13.7. The summed E-state index contributed by atoms with van der Waals surface area (Å²) in [5.41, 5.74) is 1.61. The van der Waals surface area contributed by atoms with Crippen LogP contribution in [0.15, 0.2) is 59.5 Å². The van der Waals surface area contributed by atoms with E-state index in [2.05, 4.69) is 5.32 Å². The van der Waals surface area contributed by atoms with Gasteiger partial charge in [0.25, 0.3) is 5.91 Å². The molecule has 126 valence electrons. The summed E-state index contributed by atoms with van der Waals surface area (Å²) in [7, 11) is 0. The van der Waals surface area contributed by atoms with Gasteiger partial charge in [0.1, 0.15) is 0 Å². The SMILES string of the molecule is CCc1ccc(C(=O)OCC(=O)NCCSc2ccccc2)cc1. The predicted octanol–water partition coefficient (Wildman–Crippen LogP) is 3.31. The lowest BCUT2D eigenvalue weighted by Crippen LogP contribution is -2.30. The van der Waals surface area contributed by atoms with Gasteiger partial charge < -0.3 is 10.1 Å². The van der Waals surface area contributed by atoms with Gasteiger partial charge in [-0.3, -0.25) is 4.79 Å². The van der Waals surface area contributed by atoms with E-state index < -0.39 is 5.97 Å². The van der Waals surface area contributed by atoms with Crippen molar-refractivity contribution in [3.63, 3.8) is 0 Å². The zero-order valence-corrected chi connectivity index (χ0v) is 14.5. The molecule has 2 rings (SSSR count). The number of carbonyl (C=O) groups excluding carboxylic acids is 2. The molecule has 0 saturated carbocycles. The molecule has 0 aliphatic rings. The summed E-state index contributed by atoms with van der Waals surface area (Å²) < 4.78 is 5.02. The van der Waals surface area contributed by atoms with Crippen molar-refractivity contribution in [2.45, 2.75) is 18.2 Å². The van der Waals surface area contributed by atoms with Gasteiger partial charge in [-0.15, -0.1) is 11.8 Å². The minimum absolute atomic E-state index is 0.260. The Bertz CT molecular complexity index is 656. The summed E-state index contributed by atoms with van der Waals surface area (Å²) >= 11 is 1.66. The Kier molecular flexibility index (Phi) is 7.36. The lowest BCUT2D eigenvalue weighted by Gasteiger charge is -2.07. The topological polar surface area (TPSA) is 55.4 Å². The summed E-state index contributed by atoms with van der Waals surface area (Å²) in [4.78, 5) is 24.7. The molecule has 0 atom stereocenters. The fourth-order valence-electron chi connectivity index (χ4n) is 2.02. The number of rotatable bonds is 8. The van der Waals surface area contributed by atoms with Crippen molar-refractivity contribution in [2.24, 2.45) is 0 Å². The molecule has 0 heterocycles. The lowest BCUT2D eigenvalue weighted by atomic mass is 10.1. The van der Waals surface area contributed by atoms with Crippen molar-refractivity contribution in [1.82, 2.24) is 5.32 Å². The molecule has 4 nitrogen and oxygen atoms in total. The van der Waals surface area contributed by atoms with Crippen LogP contribution in [0.2, 0.25) is 0 Å². The van der Waals surface area contributed by atoms with Crippen LogP contribution in [0.3, 0.4) is 0 Å². The molecule has 0 aliphatic heterocycles. The van der Waals surface area contributed by atoms with E-state index in [1.165, 1.54) is 0 Å². The number of aryl methyl sites for hydroxylation is 1. The second kappa shape index (κ2) is 9.78. The molecule has 0 saturated heterocycles. The van der Waals surface area contributed by atoms with Crippen molar-refractivity contribution >= 4 is 23.6 Å². The van der Waals surface area contributed by atoms with Gasteiger partial charge in [-0.25, -0.2) is 4.79 Å². The minimum Gasteiger partial charge on any atom is -0.452 e. The average Bonchev–Trinajstić information content (AvgIpc) is 2.64. The maximum Gasteiger partial charge on any atom is 0.338 e. The first kappa shape index (κ1) is 18.1. The first-order valence-electron chi connectivity index (χ1n) is 7.89. The number of thioether (sulfide) groups is 1. The van der Waals surface area contributed by atoms with Crippen molar-refractivity contribution in [3.8, 4) is 0 Å². The van der Waals surface area contributed by atoms with Gasteiger partial charge in [0.15, 0.2) is 6.61 Å². The number of hydrogen-bond donors (Lipinski definition) is 1. The van der Waals surface area contributed by atoms with Gasteiger partial charge >= 0.3 is 5.97 Å². The summed E-state index contributed by atoms with van der Waals surface area (Å²) in [6, 6.07) is 17.2. The third-order valence-corrected chi connectivity index (χ3v) is 4.38. The molecule has 0 bridgehead atoms. The molecule has 0 spiro atoms. The second-order valence-electron chi connectivity index (χ2n) is 5.14. The Hall–Kier alpha value is -2.27. The number of benzene rings is 2. The van der Waals surface area contributed by atoms with E-state index in [9.17, 15) is 9.59 Å². The van der Waals surface area contributed by atoms with Crippen LogP contribution in [0, 0.1) is 0 Å². The highest BCUT2D eigenvalue weighted by molar-refractivity contribution is 7.99. The largest absolute Gasteiger partial charge is 0.452 e. The maximum atomic E-state index is 11.9. The standard InChI is InChI=1S/C19H21NO3S/c1-2-15-8-10-16(11-9-15)19(22)23-14-18(21)20-12-13-24-17-6-4-3-5-7-17/h3-11H,2,12-14H2,1H3,(H,20,21). The number of ether oxygens (including phenoxy) is 1. The van der Waals surface area contributed by atoms with Crippen LogP contribution < -0.4 is 5.32 Å². The van der Waals surface area contributed by atoms with Crippen molar-refractivity contribution in [1.29, 1.82) is 0 Å². The van der Waals surface area contributed by atoms with E-state index in [0.29, 0.717) is 12.1 Å². The second-order valence-corrected chi connectivity index (χ2v) is 6.31. The molecule has 0 aliphatic carbocycles. The molecule has 2 aromatic carbocycles. The summed E-state index contributed by atoms with van der Waals surface area (Å²) in [6.07, 6.45) is 0.915. The van der Waals surface area contributed by atoms with E-state index in [4.69, 9.17) is 4.74 Å². The zero-order chi connectivity index (χ0) is 17.2. The van der Waals surface area contributed by atoms with Gasteiger partial charge in [-0.2, -0.15) is 0 Å². The Morgan fingerprint density at radius 2 is 1.75 bits per heavy atom. The van der Waals surface area contributed by atoms with Crippen molar-refractivity contribution in [3.05, 3.63) is 65.7 Å². The predicted molar refractivity (Wildman–Crippen MR) is 96.3 cm³/mol. The van der Waals surface area contributed by atoms with Crippen molar-refractivity contribution < 1.29 is 14.3 Å². The minimum atomic E-state index is -0.480. The van der Waals surface area contributed by atoms with Crippen LogP contribution in [0.4, 0.5) is 0 Å². The van der Waals surface area contributed by atoms with Gasteiger partial charge in [-0.1, -0.05) is 37.3 Å². The normalized spacial score (nSPS) is 10.2. The Balaban J connectivity index is 1.64. The third-order valence-electron chi connectivity index (χ3n) is 3.37. The Labute approximate surface area is 146 Å². The van der Waals surface area contributed by atoms with Crippen LogP contribution >= 0.6 is 11.8 Å². The molecule has 24 heavy (non-hydrogen) atoms. The maximum absolute atomic E-state index is 11.9. The number of nitrogens with one attached hydrogen (secondary N) is 1. The molecule has 0 fully saturated rings. The first-order valence-corrected chi connectivity index (χ1v) is 8.88. The number of esters is 1. The summed E-state index contributed by atoms with van der Waals surface area (Å²) in [6.45, 7) is 2.32. The molecule has 0 unspecified atom stereocenters. The van der Waals surface area contributed by atoms with E-state index in [1.54, 1.807) is 23.9 Å². The van der Waals surface area contributed by atoms with E-state index in [1.807, 2.05) is 49.4 Å². The van der Waals surface area contributed by atoms with E-state index >= 15 is 0 Å². The highest BCUT2D eigenvalue weighted by atomic mass is 32.2. The summed E-state index contributed by atoms with van der Waals surface area (Å²) in [5, 5.41) is 2.74. The number of carbonyl (C=O) groups is 2. The molecule has 2 aromatic rings. The molecular formula is C19H21NO3S. The highest BCUT2D eigenvalue weighted by Gasteiger charge is 2.09. The van der Waals surface area contributed by atoms with Gasteiger partial charge in [0.05, 0.1) is 5.56 Å². The first-order chi connectivity index (χ1) is 11.7. The Morgan fingerprint density at radius 3 is 2.42 bits per heavy atom. The lowest BCUT2D eigenvalue weighted by molar-refractivity contribution is -0.124. The van der Waals surface area contributed by atoms with Crippen LogP contribution in [0.1, 0.15) is 22.8 Å². The van der Waals surface area contributed by atoms with Gasteiger partial charge in [0, 0.05) is 17.2 Å². The fraction of sp³-hybridized carbons (Fsp3) is 0.263. The number of hydrogen-bond acceptors (Lipinski definition) is 4. The van der Waals surface area contributed by atoms with Gasteiger partial charge in [-0.05, 0) is 36.2 Å². The number of amides is 1. The van der Waals surface area contributed by atoms with E-state index in [0.717, 1.165) is 22.6 Å². The molecule has 0 radical (unpaired) electrons. The summed E-state index contributed by atoms with van der Waals surface area (Å²) in [5.74, 6) is -0.00371. The molecule has 5 heteroatoms. The molecule has 1 N–H and O–H groups in total. The van der Waals surface area contributed by atoms with Crippen LogP contribution in [-0.2, 0) is 16.0 Å². The molecule has 1 amide bonds. The van der Waals surface area contributed by atoms with Crippen LogP contribution in [-0.4, -0.2) is 30.8 Å². The molecule has 0 aromatic heterocycles. The Morgan fingerprint density at radius 1 is 1.04 bits per heavy atom.